The lowest BCUT2D eigenvalue weighted by molar-refractivity contribution is -0.115. The predicted molar refractivity (Wildman–Crippen MR) is 79.5 cm³/mol. The van der Waals surface area contributed by atoms with Gasteiger partial charge in [0.05, 0.1) is 5.69 Å². The fourth-order valence-corrected chi connectivity index (χ4v) is 2.56. The van der Waals surface area contributed by atoms with Crippen molar-refractivity contribution < 1.29 is 4.79 Å². The molecule has 104 valence electrons. The van der Waals surface area contributed by atoms with Crippen molar-refractivity contribution in [2.24, 2.45) is 0 Å². The monoisotopic (exact) mass is 269 g/mol. The normalized spacial score (nSPS) is 13.8. The molecule has 4 heteroatoms. The summed E-state index contributed by atoms with van der Waals surface area (Å²) >= 11 is 0. The Kier molecular flexibility index (Phi) is 3.54. The molecular weight excluding hydrogens is 250 g/mol. The molecule has 1 amide bonds. The number of fused-ring (bicyclic) bond motifs is 1. The summed E-state index contributed by atoms with van der Waals surface area (Å²) < 4.78 is 2.25. The topological polar surface area (TPSA) is 46.9 Å². The summed E-state index contributed by atoms with van der Waals surface area (Å²) in [5.74, 6) is 1.21. The summed E-state index contributed by atoms with van der Waals surface area (Å²) in [7, 11) is 0. The number of carbonyl (C=O) groups excluding carboxylic acids is 1. The van der Waals surface area contributed by atoms with Gasteiger partial charge in [-0.05, 0) is 25.0 Å². The Morgan fingerprint density at radius 1 is 1.40 bits per heavy atom. The van der Waals surface area contributed by atoms with Crippen molar-refractivity contribution >= 4 is 11.6 Å². The first kappa shape index (κ1) is 12.9. The van der Waals surface area contributed by atoms with Crippen LogP contribution in [-0.4, -0.2) is 15.5 Å². The fraction of sp³-hybridized carbons (Fsp3) is 0.375. The molecule has 0 aliphatic carbocycles. The van der Waals surface area contributed by atoms with Crippen molar-refractivity contribution in [3.8, 4) is 11.3 Å². The third kappa shape index (κ3) is 2.59. The quantitative estimate of drug-likeness (QED) is 0.929. The molecule has 0 fully saturated rings. The fourth-order valence-electron chi connectivity index (χ4n) is 2.56. The molecule has 1 aromatic carbocycles. The van der Waals surface area contributed by atoms with Crippen molar-refractivity contribution in [2.75, 3.05) is 5.32 Å². The second-order valence-electron chi connectivity index (χ2n) is 5.18. The van der Waals surface area contributed by atoms with E-state index in [9.17, 15) is 4.79 Å². The Morgan fingerprint density at radius 2 is 2.30 bits per heavy atom. The Balaban J connectivity index is 1.88. The van der Waals surface area contributed by atoms with Crippen molar-refractivity contribution in [3.63, 3.8) is 0 Å². The number of hydrogen-bond acceptors (Lipinski definition) is 2. The molecule has 1 aliphatic rings. The van der Waals surface area contributed by atoms with Crippen LogP contribution < -0.4 is 5.32 Å². The average molecular weight is 269 g/mol. The second-order valence-corrected chi connectivity index (χ2v) is 5.18. The van der Waals surface area contributed by atoms with Gasteiger partial charge in [-0.15, -0.1) is 0 Å². The van der Waals surface area contributed by atoms with Gasteiger partial charge >= 0.3 is 0 Å². The molecule has 0 atom stereocenters. The van der Waals surface area contributed by atoms with Gasteiger partial charge in [0.2, 0.25) is 5.91 Å². The summed E-state index contributed by atoms with van der Waals surface area (Å²) in [6.07, 6.45) is 6.13. The van der Waals surface area contributed by atoms with Crippen LogP contribution in [0.4, 0.5) is 5.69 Å². The number of aromatic nitrogens is 2. The van der Waals surface area contributed by atoms with Gasteiger partial charge in [0.1, 0.15) is 5.82 Å². The average Bonchev–Trinajstić information content (AvgIpc) is 2.91. The highest BCUT2D eigenvalue weighted by Crippen LogP contribution is 2.24. The van der Waals surface area contributed by atoms with E-state index in [0.717, 1.165) is 29.9 Å². The van der Waals surface area contributed by atoms with E-state index in [1.807, 2.05) is 31.2 Å². The number of aryl methyl sites for hydroxylation is 2. The molecule has 0 bridgehead atoms. The van der Waals surface area contributed by atoms with Crippen LogP contribution >= 0.6 is 0 Å². The lowest BCUT2D eigenvalue weighted by atomic mass is 10.1. The molecule has 0 spiro atoms. The summed E-state index contributed by atoms with van der Waals surface area (Å²) in [5, 5.41) is 2.89. The van der Waals surface area contributed by atoms with Crippen molar-refractivity contribution in [1.82, 2.24) is 9.55 Å². The highest BCUT2D eigenvalue weighted by Gasteiger charge is 2.13. The molecule has 0 saturated carbocycles. The molecule has 0 unspecified atom stereocenters. The minimum Gasteiger partial charge on any atom is -0.334 e. The SMILES string of the molecule is CCC(=O)Nc1cccc(-c2cn3c(n2)CCCC3)c1. The summed E-state index contributed by atoms with van der Waals surface area (Å²) in [4.78, 5) is 16.2. The number of nitrogens with one attached hydrogen (secondary N) is 1. The third-order valence-corrected chi connectivity index (χ3v) is 3.67. The Labute approximate surface area is 118 Å². The first-order chi connectivity index (χ1) is 9.76. The van der Waals surface area contributed by atoms with Gasteiger partial charge in [0, 0.05) is 36.8 Å². The molecule has 0 radical (unpaired) electrons. The zero-order chi connectivity index (χ0) is 13.9. The van der Waals surface area contributed by atoms with Gasteiger partial charge in [-0.25, -0.2) is 4.98 Å². The molecule has 3 rings (SSSR count). The molecular formula is C16H19N3O. The van der Waals surface area contributed by atoms with Crippen molar-refractivity contribution in [3.05, 3.63) is 36.3 Å². The van der Waals surface area contributed by atoms with Crippen LogP contribution in [0, 0.1) is 0 Å². The number of hydrogen-bond donors (Lipinski definition) is 1. The minimum atomic E-state index is 0.0336. The highest BCUT2D eigenvalue weighted by molar-refractivity contribution is 5.91. The van der Waals surface area contributed by atoms with Crippen LogP contribution in [0.5, 0.6) is 0 Å². The van der Waals surface area contributed by atoms with E-state index in [-0.39, 0.29) is 5.91 Å². The van der Waals surface area contributed by atoms with E-state index in [1.54, 1.807) is 0 Å². The number of benzene rings is 1. The number of amides is 1. The van der Waals surface area contributed by atoms with Gasteiger partial charge in [0.15, 0.2) is 0 Å². The molecule has 4 nitrogen and oxygen atoms in total. The summed E-state index contributed by atoms with van der Waals surface area (Å²) in [6.45, 7) is 2.91. The van der Waals surface area contributed by atoms with Gasteiger partial charge in [0.25, 0.3) is 0 Å². The van der Waals surface area contributed by atoms with Crippen LogP contribution in [0.2, 0.25) is 0 Å². The first-order valence-electron chi connectivity index (χ1n) is 7.22. The van der Waals surface area contributed by atoms with Crippen molar-refractivity contribution in [1.29, 1.82) is 0 Å². The number of anilines is 1. The molecule has 2 aromatic rings. The largest absolute Gasteiger partial charge is 0.334 e. The van der Waals surface area contributed by atoms with Crippen LogP contribution in [0.1, 0.15) is 32.0 Å². The molecule has 1 N–H and O–H groups in total. The van der Waals surface area contributed by atoms with E-state index >= 15 is 0 Å². The zero-order valence-electron chi connectivity index (χ0n) is 11.7. The Morgan fingerprint density at radius 3 is 3.10 bits per heavy atom. The maximum Gasteiger partial charge on any atom is 0.224 e. The van der Waals surface area contributed by atoms with E-state index in [1.165, 1.54) is 18.7 Å². The smallest absolute Gasteiger partial charge is 0.224 e. The summed E-state index contributed by atoms with van der Waals surface area (Å²) in [6, 6.07) is 7.89. The van der Waals surface area contributed by atoms with Gasteiger partial charge in [-0.1, -0.05) is 19.1 Å². The maximum absolute atomic E-state index is 11.5. The first-order valence-corrected chi connectivity index (χ1v) is 7.22. The van der Waals surface area contributed by atoms with E-state index in [2.05, 4.69) is 16.1 Å². The molecule has 2 heterocycles. The zero-order valence-corrected chi connectivity index (χ0v) is 11.7. The lowest BCUT2D eigenvalue weighted by Crippen LogP contribution is -2.09. The predicted octanol–water partition coefficient (Wildman–Crippen LogP) is 3.23. The molecule has 1 aromatic heterocycles. The molecule has 20 heavy (non-hydrogen) atoms. The van der Waals surface area contributed by atoms with Gasteiger partial charge < -0.3 is 9.88 Å². The van der Waals surface area contributed by atoms with Crippen molar-refractivity contribution in [2.45, 2.75) is 39.2 Å². The molecule has 1 aliphatic heterocycles. The highest BCUT2D eigenvalue weighted by atomic mass is 16.1. The van der Waals surface area contributed by atoms with Crippen LogP contribution in [0.15, 0.2) is 30.5 Å². The van der Waals surface area contributed by atoms with Gasteiger partial charge in [-0.3, -0.25) is 4.79 Å². The second kappa shape index (κ2) is 5.49. The van der Waals surface area contributed by atoms with Crippen LogP contribution in [0.3, 0.4) is 0 Å². The van der Waals surface area contributed by atoms with E-state index < -0.39 is 0 Å². The Bertz CT molecular complexity index is 607. The minimum absolute atomic E-state index is 0.0336. The van der Waals surface area contributed by atoms with Crippen LogP contribution in [-0.2, 0) is 17.8 Å². The van der Waals surface area contributed by atoms with E-state index in [0.29, 0.717) is 6.42 Å². The molecule has 0 saturated heterocycles. The number of nitrogens with zero attached hydrogens (tertiary/aromatic N) is 2. The Hall–Kier alpha value is -2.10. The van der Waals surface area contributed by atoms with Crippen LogP contribution in [0.25, 0.3) is 11.3 Å². The number of rotatable bonds is 3. The standard InChI is InChI=1S/C16H19N3O/c1-2-16(20)17-13-7-5-6-12(10-13)14-11-19-9-4-3-8-15(19)18-14/h5-7,10-11H,2-4,8-9H2,1H3,(H,17,20). The number of imidazole rings is 1. The van der Waals surface area contributed by atoms with Gasteiger partial charge in [-0.2, -0.15) is 0 Å². The van der Waals surface area contributed by atoms with E-state index in [4.69, 9.17) is 4.98 Å². The summed E-state index contributed by atoms with van der Waals surface area (Å²) in [5.41, 5.74) is 2.88. The maximum atomic E-state index is 11.5. The third-order valence-electron chi connectivity index (χ3n) is 3.67. The lowest BCUT2D eigenvalue weighted by Gasteiger charge is -2.11. The number of carbonyl (C=O) groups is 1.